The molecule has 0 aliphatic heterocycles. The largest absolute Gasteiger partial charge is 0.494 e. The molecule has 3 nitrogen and oxygen atoms in total. The minimum absolute atomic E-state index is 0.195. The minimum atomic E-state index is 0.195. The molecular formula is C16H25NO2. The Morgan fingerprint density at radius 3 is 2.63 bits per heavy atom. The van der Waals surface area contributed by atoms with Crippen molar-refractivity contribution in [2.75, 3.05) is 13.7 Å². The topological polar surface area (TPSA) is 29.5 Å². The fraction of sp³-hybridized carbons (Fsp3) is 0.562. The fourth-order valence-electron chi connectivity index (χ4n) is 1.94. The molecule has 0 radical (unpaired) electrons. The number of carbonyl (C=O) groups is 1. The Kier molecular flexibility index (Phi) is 6.40. The van der Waals surface area contributed by atoms with Gasteiger partial charge < -0.3 is 9.64 Å². The Hall–Kier alpha value is -1.51. The predicted molar refractivity (Wildman–Crippen MR) is 78.5 cm³/mol. The van der Waals surface area contributed by atoms with E-state index in [0.717, 1.165) is 24.2 Å². The lowest BCUT2D eigenvalue weighted by atomic mass is 10.1. The summed E-state index contributed by atoms with van der Waals surface area (Å²) in [5.74, 6) is 1.09. The standard InChI is InChI=1S/C16H25NO2/c1-5-13(3)17(4)16(18)12-11-14-9-7-8-10-15(14)19-6-2/h7-10,13H,5-6,11-12H2,1-4H3. The number of amides is 1. The maximum Gasteiger partial charge on any atom is 0.222 e. The first-order valence-electron chi connectivity index (χ1n) is 7.06. The van der Waals surface area contributed by atoms with Gasteiger partial charge in [-0.1, -0.05) is 25.1 Å². The molecule has 1 aromatic rings. The molecule has 0 spiro atoms. The van der Waals surface area contributed by atoms with Gasteiger partial charge in [0.2, 0.25) is 5.91 Å². The molecule has 0 saturated heterocycles. The van der Waals surface area contributed by atoms with Crippen LogP contribution in [0.25, 0.3) is 0 Å². The lowest BCUT2D eigenvalue weighted by Crippen LogP contribution is -2.34. The van der Waals surface area contributed by atoms with Crippen LogP contribution in [0.1, 0.15) is 39.2 Å². The molecule has 0 saturated carbocycles. The van der Waals surface area contributed by atoms with Gasteiger partial charge in [0, 0.05) is 19.5 Å². The second kappa shape index (κ2) is 7.82. The van der Waals surface area contributed by atoms with Crippen molar-refractivity contribution in [3.05, 3.63) is 29.8 Å². The van der Waals surface area contributed by atoms with Crippen molar-refractivity contribution in [3.8, 4) is 5.75 Å². The van der Waals surface area contributed by atoms with Crippen molar-refractivity contribution in [2.24, 2.45) is 0 Å². The summed E-state index contributed by atoms with van der Waals surface area (Å²) < 4.78 is 5.57. The summed E-state index contributed by atoms with van der Waals surface area (Å²) in [6, 6.07) is 8.24. The second-order valence-corrected chi connectivity index (χ2v) is 4.80. The highest BCUT2D eigenvalue weighted by Crippen LogP contribution is 2.20. The van der Waals surface area contributed by atoms with E-state index in [9.17, 15) is 4.79 Å². The molecule has 1 atom stereocenters. The Balaban J connectivity index is 2.59. The van der Waals surface area contributed by atoms with Gasteiger partial charge in [0.25, 0.3) is 0 Å². The fourth-order valence-corrected chi connectivity index (χ4v) is 1.94. The zero-order chi connectivity index (χ0) is 14.3. The van der Waals surface area contributed by atoms with Gasteiger partial charge >= 0.3 is 0 Å². The van der Waals surface area contributed by atoms with Crippen LogP contribution >= 0.6 is 0 Å². The highest BCUT2D eigenvalue weighted by molar-refractivity contribution is 5.76. The van der Waals surface area contributed by atoms with Crippen molar-refractivity contribution >= 4 is 5.91 Å². The average Bonchev–Trinajstić information content (AvgIpc) is 2.44. The molecule has 19 heavy (non-hydrogen) atoms. The molecule has 1 aromatic carbocycles. The third-order valence-corrected chi connectivity index (χ3v) is 3.53. The Labute approximate surface area is 116 Å². The molecular weight excluding hydrogens is 238 g/mol. The number of para-hydroxylation sites is 1. The van der Waals surface area contributed by atoms with E-state index in [0.29, 0.717) is 19.1 Å². The highest BCUT2D eigenvalue weighted by atomic mass is 16.5. The van der Waals surface area contributed by atoms with Gasteiger partial charge in [-0.3, -0.25) is 4.79 Å². The van der Waals surface area contributed by atoms with E-state index in [2.05, 4.69) is 13.8 Å². The van der Waals surface area contributed by atoms with Gasteiger partial charge in [-0.25, -0.2) is 0 Å². The summed E-state index contributed by atoms with van der Waals surface area (Å²) in [5.41, 5.74) is 1.11. The number of aryl methyl sites for hydroxylation is 1. The van der Waals surface area contributed by atoms with E-state index >= 15 is 0 Å². The first-order valence-corrected chi connectivity index (χ1v) is 7.06. The number of hydrogen-bond donors (Lipinski definition) is 0. The molecule has 1 unspecified atom stereocenters. The van der Waals surface area contributed by atoms with E-state index in [4.69, 9.17) is 4.74 Å². The lowest BCUT2D eigenvalue weighted by molar-refractivity contribution is -0.131. The number of rotatable bonds is 7. The minimum Gasteiger partial charge on any atom is -0.494 e. The van der Waals surface area contributed by atoms with Crippen LogP contribution in [0.15, 0.2) is 24.3 Å². The third kappa shape index (κ3) is 4.58. The predicted octanol–water partition coefficient (Wildman–Crippen LogP) is 3.27. The number of nitrogens with zero attached hydrogens (tertiary/aromatic N) is 1. The Bertz CT molecular complexity index is 403. The summed E-state index contributed by atoms with van der Waals surface area (Å²) in [6.45, 7) is 6.79. The van der Waals surface area contributed by atoms with Crippen molar-refractivity contribution < 1.29 is 9.53 Å². The Morgan fingerprint density at radius 1 is 1.32 bits per heavy atom. The van der Waals surface area contributed by atoms with Crippen molar-refractivity contribution in [1.29, 1.82) is 0 Å². The van der Waals surface area contributed by atoms with E-state index in [1.165, 1.54) is 0 Å². The summed E-state index contributed by atoms with van der Waals surface area (Å²) in [4.78, 5) is 13.9. The third-order valence-electron chi connectivity index (χ3n) is 3.53. The van der Waals surface area contributed by atoms with Gasteiger partial charge in [0.15, 0.2) is 0 Å². The van der Waals surface area contributed by atoms with Crippen molar-refractivity contribution in [1.82, 2.24) is 4.90 Å². The van der Waals surface area contributed by atoms with Crippen LogP contribution in [0, 0.1) is 0 Å². The molecule has 1 rings (SSSR count). The van der Waals surface area contributed by atoms with Gasteiger partial charge in [0.1, 0.15) is 5.75 Å². The SMILES string of the molecule is CCOc1ccccc1CCC(=O)N(C)C(C)CC. The number of benzene rings is 1. The maximum absolute atomic E-state index is 12.1. The Morgan fingerprint density at radius 2 is 2.00 bits per heavy atom. The van der Waals surface area contributed by atoms with Crippen LogP contribution in [0.2, 0.25) is 0 Å². The van der Waals surface area contributed by atoms with E-state index in [1.807, 2.05) is 43.1 Å². The van der Waals surface area contributed by atoms with Gasteiger partial charge in [0.05, 0.1) is 6.61 Å². The maximum atomic E-state index is 12.1. The molecule has 0 bridgehead atoms. The number of hydrogen-bond acceptors (Lipinski definition) is 2. The summed E-state index contributed by atoms with van der Waals surface area (Å²) in [7, 11) is 1.88. The zero-order valence-electron chi connectivity index (χ0n) is 12.5. The first-order chi connectivity index (χ1) is 9.10. The smallest absolute Gasteiger partial charge is 0.222 e. The van der Waals surface area contributed by atoms with Gasteiger partial charge in [-0.05, 0) is 38.3 Å². The first kappa shape index (κ1) is 15.5. The van der Waals surface area contributed by atoms with Crippen LogP contribution in [-0.2, 0) is 11.2 Å². The van der Waals surface area contributed by atoms with Crippen LogP contribution in [0.5, 0.6) is 5.75 Å². The normalized spacial score (nSPS) is 12.0. The quantitative estimate of drug-likeness (QED) is 0.755. The number of ether oxygens (including phenoxy) is 1. The van der Waals surface area contributed by atoms with Crippen LogP contribution in [0.3, 0.4) is 0 Å². The average molecular weight is 263 g/mol. The molecule has 0 heterocycles. The molecule has 1 amide bonds. The number of carbonyl (C=O) groups excluding carboxylic acids is 1. The summed E-state index contributed by atoms with van der Waals surface area (Å²) >= 11 is 0. The molecule has 0 N–H and O–H groups in total. The zero-order valence-corrected chi connectivity index (χ0v) is 12.5. The van der Waals surface area contributed by atoms with Crippen molar-refractivity contribution in [3.63, 3.8) is 0 Å². The molecule has 0 aliphatic carbocycles. The van der Waals surface area contributed by atoms with Crippen LogP contribution < -0.4 is 4.74 Å². The molecule has 0 aromatic heterocycles. The lowest BCUT2D eigenvalue weighted by Gasteiger charge is -2.24. The highest BCUT2D eigenvalue weighted by Gasteiger charge is 2.14. The van der Waals surface area contributed by atoms with Crippen molar-refractivity contribution in [2.45, 2.75) is 46.1 Å². The molecule has 3 heteroatoms. The van der Waals surface area contributed by atoms with E-state index in [-0.39, 0.29) is 5.91 Å². The van der Waals surface area contributed by atoms with E-state index in [1.54, 1.807) is 0 Å². The monoisotopic (exact) mass is 263 g/mol. The summed E-state index contributed by atoms with van der Waals surface area (Å²) in [5, 5.41) is 0. The van der Waals surface area contributed by atoms with Gasteiger partial charge in [-0.15, -0.1) is 0 Å². The summed E-state index contributed by atoms with van der Waals surface area (Å²) in [6.07, 6.45) is 2.25. The second-order valence-electron chi connectivity index (χ2n) is 4.80. The molecule has 0 aliphatic rings. The van der Waals surface area contributed by atoms with E-state index < -0.39 is 0 Å². The van der Waals surface area contributed by atoms with Gasteiger partial charge in [-0.2, -0.15) is 0 Å². The van der Waals surface area contributed by atoms with Crippen LogP contribution in [-0.4, -0.2) is 30.5 Å². The molecule has 0 fully saturated rings. The molecule has 106 valence electrons. The van der Waals surface area contributed by atoms with Crippen LogP contribution in [0.4, 0.5) is 0 Å².